The molecule has 0 bridgehead atoms. The molecule has 1 aliphatic rings. The molecule has 0 spiro atoms. The van der Waals surface area contributed by atoms with Gasteiger partial charge in [0.25, 0.3) is 0 Å². The molecule has 162 valence electrons. The van der Waals surface area contributed by atoms with Crippen LogP contribution in [0.2, 0.25) is 0 Å². The average Bonchev–Trinajstić information content (AvgIpc) is 3.40. The summed E-state index contributed by atoms with van der Waals surface area (Å²) in [6, 6.07) is 14.0. The molecular weight excluding hydrogens is 378 g/mol. The summed E-state index contributed by atoms with van der Waals surface area (Å²) >= 11 is 0. The molecule has 1 saturated heterocycles. The molecule has 2 aromatic rings. The van der Waals surface area contributed by atoms with Crippen LogP contribution in [0.15, 0.2) is 46.9 Å². The van der Waals surface area contributed by atoms with Gasteiger partial charge in [0.05, 0.1) is 13.1 Å². The van der Waals surface area contributed by atoms with E-state index >= 15 is 0 Å². The fourth-order valence-electron chi connectivity index (χ4n) is 3.84. The van der Waals surface area contributed by atoms with Crippen molar-refractivity contribution in [2.24, 2.45) is 0 Å². The number of hydrogen-bond acceptors (Lipinski definition) is 4. The predicted octanol–water partition coefficient (Wildman–Crippen LogP) is 3.10. The minimum Gasteiger partial charge on any atom is -0.464 e. The van der Waals surface area contributed by atoms with Gasteiger partial charge in [0.2, 0.25) is 11.8 Å². The van der Waals surface area contributed by atoms with E-state index in [1.165, 1.54) is 18.4 Å². The number of nitrogens with zero attached hydrogens (tertiary/aromatic N) is 3. The second-order valence-corrected chi connectivity index (χ2v) is 8.05. The molecule has 1 aromatic carbocycles. The Hall–Kier alpha value is -2.60. The Labute approximate surface area is 179 Å². The van der Waals surface area contributed by atoms with Gasteiger partial charge in [-0.05, 0) is 57.0 Å². The third kappa shape index (κ3) is 6.73. The molecule has 1 aromatic heterocycles. The molecule has 2 heterocycles. The third-order valence-corrected chi connectivity index (χ3v) is 5.66. The molecule has 2 amide bonds. The van der Waals surface area contributed by atoms with Crippen LogP contribution in [0.4, 0.5) is 0 Å². The van der Waals surface area contributed by atoms with Crippen molar-refractivity contribution in [2.45, 2.75) is 39.7 Å². The van der Waals surface area contributed by atoms with Crippen LogP contribution in [0, 0.1) is 6.92 Å². The summed E-state index contributed by atoms with van der Waals surface area (Å²) < 4.78 is 5.70. The van der Waals surface area contributed by atoms with E-state index in [2.05, 4.69) is 17.0 Å². The number of hydrogen-bond donors (Lipinski definition) is 0. The lowest BCUT2D eigenvalue weighted by Crippen LogP contribution is -2.45. The molecule has 0 unspecified atom stereocenters. The number of furan rings is 1. The summed E-state index contributed by atoms with van der Waals surface area (Å²) in [5, 5.41) is 0. The van der Waals surface area contributed by atoms with Crippen molar-refractivity contribution < 1.29 is 14.0 Å². The van der Waals surface area contributed by atoms with Crippen molar-refractivity contribution in [3.05, 3.63) is 59.5 Å². The minimum atomic E-state index is -0.0561. The van der Waals surface area contributed by atoms with Crippen molar-refractivity contribution in [2.75, 3.05) is 39.3 Å². The molecule has 0 N–H and O–H groups in total. The predicted molar refractivity (Wildman–Crippen MR) is 117 cm³/mol. The maximum absolute atomic E-state index is 13.2. The molecular formula is C24H33N3O3. The highest BCUT2D eigenvalue weighted by atomic mass is 16.3. The lowest BCUT2D eigenvalue weighted by Gasteiger charge is -2.28. The zero-order chi connectivity index (χ0) is 21.3. The number of carbonyl (C=O) groups is 2. The van der Waals surface area contributed by atoms with Crippen LogP contribution in [0.5, 0.6) is 0 Å². The van der Waals surface area contributed by atoms with Crippen LogP contribution in [-0.2, 0) is 22.6 Å². The van der Waals surface area contributed by atoms with Crippen molar-refractivity contribution in [1.29, 1.82) is 0 Å². The number of rotatable bonds is 10. The van der Waals surface area contributed by atoms with E-state index in [0.29, 0.717) is 19.6 Å². The summed E-state index contributed by atoms with van der Waals surface area (Å²) in [7, 11) is 0. The summed E-state index contributed by atoms with van der Waals surface area (Å²) in [6.45, 7) is 8.13. The third-order valence-electron chi connectivity index (χ3n) is 5.66. The van der Waals surface area contributed by atoms with Crippen LogP contribution in [0.25, 0.3) is 0 Å². The van der Waals surface area contributed by atoms with Gasteiger partial charge in [-0.1, -0.05) is 30.3 Å². The normalized spacial score (nSPS) is 14.1. The Morgan fingerprint density at radius 1 is 1.00 bits per heavy atom. The Morgan fingerprint density at radius 3 is 2.37 bits per heavy atom. The molecule has 1 aliphatic heterocycles. The van der Waals surface area contributed by atoms with Crippen LogP contribution >= 0.6 is 0 Å². The Kier molecular flexibility index (Phi) is 8.08. The van der Waals surface area contributed by atoms with Crippen LogP contribution < -0.4 is 0 Å². The van der Waals surface area contributed by atoms with E-state index in [1.54, 1.807) is 16.7 Å². The summed E-state index contributed by atoms with van der Waals surface area (Å²) in [5.41, 5.74) is 1.18. The zero-order valence-corrected chi connectivity index (χ0v) is 18.2. The first-order valence-corrected chi connectivity index (χ1v) is 10.9. The van der Waals surface area contributed by atoms with E-state index in [4.69, 9.17) is 4.42 Å². The molecule has 6 nitrogen and oxygen atoms in total. The molecule has 30 heavy (non-hydrogen) atoms. The first-order chi connectivity index (χ1) is 14.5. The maximum Gasteiger partial charge on any atom is 0.242 e. The van der Waals surface area contributed by atoms with E-state index < -0.39 is 0 Å². The van der Waals surface area contributed by atoms with E-state index in [0.717, 1.165) is 37.6 Å². The number of benzene rings is 1. The maximum atomic E-state index is 13.2. The lowest BCUT2D eigenvalue weighted by atomic mass is 10.1. The standard InChI is InChI=1S/C24H33N3O3/c1-20-10-11-23(30-20)18-27(15-12-22-8-4-3-5-9-22)24(29)19-26(21(2)28)17-16-25-13-6-7-14-25/h3-5,8-11H,6-7,12-19H2,1-2H3. The fraction of sp³-hybridized carbons (Fsp3) is 0.500. The topological polar surface area (TPSA) is 57.0 Å². The quantitative estimate of drug-likeness (QED) is 0.603. The van der Waals surface area contributed by atoms with E-state index in [-0.39, 0.29) is 18.4 Å². The second kappa shape index (κ2) is 11.0. The average molecular weight is 412 g/mol. The molecule has 0 atom stereocenters. The number of likely N-dealkylation sites (tertiary alicyclic amines) is 1. The van der Waals surface area contributed by atoms with Crippen molar-refractivity contribution >= 4 is 11.8 Å². The van der Waals surface area contributed by atoms with Gasteiger partial charge in [0.15, 0.2) is 0 Å². The summed E-state index contributed by atoms with van der Waals surface area (Å²) in [5.74, 6) is 1.49. The SMILES string of the molecule is CC(=O)N(CCN1CCCC1)CC(=O)N(CCc1ccccc1)Cc1ccc(C)o1. The van der Waals surface area contributed by atoms with Crippen molar-refractivity contribution in [1.82, 2.24) is 14.7 Å². The largest absolute Gasteiger partial charge is 0.464 e. The summed E-state index contributed by atoms with van der Waals surface area (Å²) in [4.78, 5) is 31.2. The first kappa shape index (κ1) is 22.1. The Morgan fingerprint density at radius 2 is 1.73 bits per heavy atom. The van der Waals surface area contributed by atoms with Gasteiger partial charge in [-0.2, -0.15) is 0 Å². The van der Waals surface area contributed by atoms with Crippen LogP contribution in [-0.4, -0.2) is 65.8 Å². The number of amides is 2. The van der Waals surface area contributed by atoms with Gasteiger partial charge in [-0.3, -0.25) is 9.59 Å². The van der Waals surface area contributed by atoms with Gasteiger partial charge < -0.3 is 19.1 Å². The first-order valence-electron chi connectivity index (χ1n) is 10.9. The van der Waals surface area contributed by atoms with Crippen molar-refractivity contribution in [3.63, 3.8) is 0 Å². The van der Waals surface area contributed by atoms with Crippen LogP contribution in [0.1, 0.15) is 36.8 Å². The Balaban J connectivity index is 1.62. The van der Waals surface area contributed by atoms with E-state index in [9.17, 15) is 9.59 Å². The highest BCUT2D eigenvalue weighted by Crippen LogP contribution is 2.12. The van der Waals surface area contributed by atoms with Crippen LogP contribution in [0.3, 0.4) is 0 Å². The van der Waals surface area contributed by atoms with Gasteiger partial charge in [-0.25, -0.2) is 0 Å². The number of aryl methyl sites for hydroxylation is 1. The lowest BCUT2D eigenvalue weighted by molar-refractivity contribution is -0.140. The Bertz CT molecular complexity index is 812. The monoisotopic (exact) mass is 411 g/mol. The van der Waals surface area contributed by atoms with Gasteiger partial charge in [0.1, 0.15) is 11.5 Å². The molecule has 0 saturated carbocycles. The van der Waals surface area contributed by atoms with E-state index in [1.807, 2.05) is 37.3 Å². The molecule has 0 aliphatic carbocycles. The van der Waals surface area contributed by atoms with Gasteiger partial charge in [0, 0.05) is 26.6 Å². The molecule has 6 heteroatoms. The second-order valence-electron chi connectivity index (χ2n) is 8.05. The molecule has 3 rings (SSSR count). The summed E-state index contributed by atoms with van der Waals surface area (Å²) in [6.07, 6.45) is 3.20. The van der Waals surface area contributed by atoms with Gasteiger partial charge in [-0.15, -0.1) is 0 Å². The highest BCUT2D eigenvalue weighted by Gasteiger charge is 2.21. The fourth-order valence-corrected chi connectivity index (χ4v) is 3.84. The van der Waals surface area contributed by atoms with Gasteiger partial charge >= 0.3 is 0 Å². The molecule has 1 fully saturated rings. The zero-order valence-electron chi connectivity index (χ0n) is 18.2. The highest BCUT2D eigenvalue weighted by molar-refractivity contribution is 5.83. The molecule has 0 radical (unpaired) electrons. The number of carbonyl (C=O) groups excluding carboxylic acids is 2. The smallest absolute Gasteiger partial charge is 0.242 e. The van der Waals surface area contributed by atoms with Crippen molar-refractivity contribution in [3.8, 4) is 0 Å². The minimum absolute atomic E-state index is 0.0448.